The second-order valence-electron chi connectivity index (χ2n) is 7.06. The number of likely N-dealkylation sites (tertiary alicyclic amines) is 1. The monoisotopic (exact) mass is 341 g/mol. The number of pyridine rings is 1. The normalized spacial score (nSPS) is 19.9. The Labute approximate surface area is 149 Å². The third-order valence-corrected chi connectivity index (χ3v) is 5.32. The fraction of sp³-hybridized carbons (Fsp3) is 0.550. The average Bonchev–Trinajstić information content (AvgIpc) is 2.69. The molecule has 0 aromatic carbocycles. The van der Waals surface area contributed by atoms with Crippen molar-refractivity contribution < 1.29 is 9.59 Å². The predicted octanol–water partition coefficient (Wildman–Crippen LogP) is 2.94. The van der Waals surface area contributed by atoms with E-state index >= 15 is 0 Å². The molecule has 2 heterocycles. The molecule has 2 amide bonds. The van der Waals surface area contributed by atoms with E-state index in [1.165, 1.54) is 18.4 Å². The van der Waals surface area contributed by atoms with Crippen LogP contribution in [0.4, 0.5) is 0 Å². The summed E-state index contributed by atoms with van der Waals surface area (Å²) in [5.74, 6) is 0.171. The minimum Gasteiger partial charge on any atom is -0.350 e. The van der Waals surface area contributed by atoms with Crippen LogP contribution in [-0.2, 0) is 4.79 Å². The van der Waals surface area contributed by atoms with Crippen molar-refractivity contribution in [2.24, 2.45) is 5.92 Å². The number of nitrogens with zero attached hydrogens (tertiary/aromatic N) is 2. The maximum absolute atomic E-state index is 12.5. The van der Waals surface area contributed by atoms with Crippen LogP contribution in [0.1, 0.15) is 55.8 Å². The smallest absolute Gasteiger partial charge is 0.253 e. The lowest BCUT2D eigenvalue weighted by molar-refractivity contribution is -0.126. The molecule has 2 aliphatic rings. The Bertz CT molecular complexity index is 634. The van der Waals surface area contributed by atoms with Crippen molar-refractivity contribution in [1.82, 2.24) is 15.2 Å². The van der Waals surface area contributed by atoms with Crippen LogP contribution in [0.5, 0.6) is 0 Å². The zero-order valence-corrected chi connectivity index (χ0v) is 14.9. The number of aromatic nitrogens is 1. The first-order valence-electron chi connectivity index (χ1n) is 9.34. The lowest BCUT2D eigenvalue weighted by atomic mass is 9.92. The highest BCUT2D eigenvalue weighted by molar-refractivity contribution is 5.94. The Kier molecular flexibility index (Phi) is 5.84. The van der Waals surface area contributed by atoms with Crippen LogP contribution in [0.3, 0.4) is 0 Å². The lowest BCUT2D eigenvalue weighted by Crippen LogP contribution is -2.45. The van der Waals surface area contributed by atoms with Crippen LogP contribution in [0.25, 0.3) is 0 Å². The molecule has 1 aliphatic carbocycles. The van der Waals surface area contributed by atoms with Crippen LogP contribution in [0, 0.1) is 5.92 Å². The number of allylic oxidation sites excluding steroid dienone is 1. The molecular formula is C20H27N3O2. The topological polar surface area (TPSA) is 62.3 Å². The van der Waals surface area contributed by atoms with Crippen molar-refractivity contribution in [3.8, 4) is 0 Å². The van der Waals surface area contributed by atoms with Gasteiger partial charge in [-0.25, -0.2) is 0 Å². The van der Waals surface area contributed by atoms with Gasteiger partial charge in [0.2, 0.25) is 5.91 Å². The van der Waals surface area contributed by atoms with Gasteiger partial charge >= 0.3 is 0 Å². The van der Waals surface area contributed by atoms with Gasteiger partial charge in [-0.15, -0.1) is 0 Å². The number of hydrogen-bond acceptors (Lipinski definition) is 3. The molecule has 5 nitrogen and oxygen atoms in total. The molecule has 1 N–H and O–H groups in total. The van der Waals surface area contributed by atoms with E-state index in [4.69, 9.17) is 0 Å². The van der Waals surface area contributed by atoms with Crippen LogP contribution in [0.15, 0.2) is 36.2 Å². The van der Waals surface area contributed by atoms with Crippen molar-refractivity contribution >= 4 is 11.8 Å². The van der Waals surface area contributed by atoms with Gasteiger partial charge in [0.1, 0.15) is 0 Å². The van der Waals surface area contributed by atoms with Gasteiger partial charge in [-0.1, -0.05) is 11.6 Å². The molecule has 1 aromatic heterocycles. The first kappa shape index (κ1) is 17.6. The Morgan fingerprint density at radius 3 is 2.56 bits per heavy atom. The number of nitrogens with one attached hydrogen (secondary N) is 1. The SMILES string of the molecule is C[C@H](NC(=O)C1CCN(C(=O)c2ccncc2)CC1)C1=CCCCC1. The number of amides is 2. The maximum atomic E-state index is 12.5. The Morgan fingerprint density at radius 1 is 1.20 bits per heavy atom. The van der Waals surface area contributed by atoms with Gasteiger partial charge in [-0.2, -0.15) is 0 Å². The van der Waals surface area contributed by atoms with E-state index in [-0.39, 0.29) is 23.8 Å². The summed E-state index contributed by atoms with van der Waals surface area (Å²) in [4.78, 5) is 30.8. The largest absolute Gasteiger partial charge is 0.350 e. The first-order chi connectivity index (χ1) is 12.1. The lowest BCUT2D eigenvalue weighted by Gasteiger charge is -2.32. The van der Waals surface area contributed by atoms with E-state index in [1.54, 1.807) is 24.5 Å². The van der Waals surface area contributed by atoms with Crippen molar-refractivity contribution in [2.45, 2.75) is 51.5 Å². The third-order valence-electron chi connectivity index (χ3n) is 5.32. The highest BCUT2D eigenvalue weighted by atomic mass is 16.2. The zero-order valence-electron chi connectivity index (χ0n) is 14.9. The van der Waals surface area contributed by atoms with Crippen LogP contribution < -0.4 is 5.32 Å². The second kappa shape index (κ2) is 8.28. The molecular weight excluding hydrogens is 314 g/mol. The predicted molar refractivity (Wildman–Crippen MR) is 97.0 cm³/mol. The van der Waals surface area contributed by atoms with Gasteiger partial charge in [0.15, 0.2) is 0 Å². The summed E-state index contributed by atoms with van der Waals surface area (Å²) in [5, 5.41) is 3.18. The standard InChI is InChI=1S/C20H27N3O2/c1-15(16-5-3-2-4-6-16)22-19(24)17-9-13-23(14-10-17)20(25)18-7-11-21-12-8-18/h5,7-8,11-12,15,17H,2-4,6,9-10,13-14H2,1H3,(H,22,24)/t15-/m0/s1. The first-order valence-corrected chi connectivity index (χ1v) is 9.34. The fourth-order valence-corrected chi connectivity index (χ4v) is 3.70. The summed E-state index contributed by atoms with van der Waals surface area (Å²) in [6, 6.07) is 3.60. The number of piperidine rings is 1. The molecule has 134 valence electrons. The van der Waals surface area contributed by atoms with Gasteiger partial charge in [-0.3, -0.25) is 14.6 Å². The summed E-state index contributed by atoms with van der Waals surface area (Å²) < 4.78 is 0. The maximum Gasteiger partial charge on any atom is 0.253 e. The fourth-order valence-electron chi connectivity index (χ4n) is 3.70. The summed E-state index contributed by atoms with van der Waals surface area (Å²) in [5.41, 5.74) is 2.03. The third kappa shape index (κ3) is 4.47. The van der Waals surface area contributed by atoms with Crippen molar-refractivity contribution in [3.63, 3.8) is 0 Å². The molecule has 0 spiro atoms. The summed E-state index contributed by atoms with van der Waals surface area (Å²) in [7, 11) is 0. The molecule has 1 fully saturated rings. The van der Waals surface area contributed by atoms with E-state index in [9.17, 15) is 9.59 Å². The molecule has 0 unspecified atom stereocenters. The number of hydrogen-bond donors (Lipinski definition) is 1. The molecule has 0 radical (unpaired) electrons. The van der Waals surface area contributed by atoms with Crippen molar-refractivity contribution in [1.29, 1.82) is 0 Å². The van der Waals surface area contributed by atoms with Crippen molar-refractivity contribution in [2.75, 3.05) is 13.1 Å². The van der Waals surface area contributed by atoms with E-state index in [1.807, 2.05) is 4.90 Å². The zero-order chi connectivity index (χ0) is 17.6. The molecule has 5 heteroatoms. The molecule has 0 bridgehead atoms. The van der Waals surface area contributed by atoms with Gasteiger partial charge < -0.3 is 10.2 Å². The molecule has 3 rings (SSSR count). The molecule has 0 saturated carbocycles. The molecule has 1 saturated heterocycles. The average molecular weight is 341 g/mol. The summed E-state index contributed by atoms with van der Waals surface area (Å²) >= 11 is 0. The van der Waals surface area contributed by atoms with E-state index in [0.717, 1.165) is 25.7 Å². The minimum absolute atomic E-state index is 0.00753. The quantitative estimate of drug-likeness (QED) is 0.857. The van der Waals surface area contributed by atoms with E-state index in [2.05, 4.69) is 23.3 Å². The number of rotatable bonds is 4. The molecule has 1 aromatic rings. The Morgan fingerprint density at radius 2 is 1.92 bits per heavy atom. The summed E-state index contributed by atoms with van der Waals surface area (Å²) in [6.45, 7) is 3.35. The molecule has 1 aliphatic heterocycles. The van der Waals surface area contributed by atoms with Gasteiger partial charge in [0.25, 0.3) is 5.91 Å². The highest BCUT2D eigenvalue weighted by Gasteiger charge is 2.28. The molecule has 1 atom stereocenters. The Balaban J connectivity index is 1.49. The van der Waals surface area contributed by atoms with Gasteiger partial charge in [0.05, 0.1) is 0 Å². The van der Waals surface area contributed by atoms with E-state index in [0.29, 0.717) is 18.7 Å². The van der Waals surface area contributed by atoms with Crippen molar-refractivity contribution in [3.05, 3.63) is 41.7 Å². The highest BCUT2D eigenvalue weighted by Crippen LogP contribution is 2.22. The van der Waals surface area contributed by atoms with E-state index < -0.39 is 0 Å². The minimum atomic E-state index is 0.00753. The number of carbonyl (C=O) groups is 2. The molecule has 25 heavy (non-hydrogen) atoms. The van der Waals surface area contributed by atoms with Crippen LogP contribution >= 0.6 is 0 Å². The number of carbonyl (C=O) groups excluding carboxylic acids is 2. The second-order valence-corrected chi connectivity index (χ2v) is 7.06. The van der Waals surface area contributed by atoms with Crippen LogP contribution in [0.2, 0.25) is 0 Å². The summed E-state index contributed by atoms with van der Waals surface area (Å²) in [6.07, 6.45) is 11.7. The van der Waals surface area contributed by atoms with Gasteiger partial charge in [-0.05, 0) is 57.6 Å². The van der Waals surface area contributed by atoms with Crippen LogP contribution in [-0.4, -0.2) is 40.8 Å². The van der Waals surface area contributed by atoms with Gasteiger partial charge in [0, 0.05) is 43.0 Å². The Hall–Kier alpha value is -2.17.